The van der Waals surface area contributed by atoms with Crippen LogP contribution < -0.4 is 10.2 Å². The standard InChI is InChI=1S/C13H13ClN2O3/c1-2-15-10(17)6-7-16-11-8(12(18)13(16)19)4-3-5-9(11)14/h3-5H,2,6-7H2,1H3,(H,15,17). The van der Waals surface area contributed by atoms with Crippen LogP contribution in [-0.4, -0.2) is 30.7 Å². The number of rotatable bonds is 4. The number of Topliss-reactive ketones (excluding diaryl/α,β-unsaturated/α-hetero) is 1. The summed E-state index contributed by atoms with van der Waals surface area (Å²) in [4.78, 5) is 36.3. The molecule has 1 aliphatic heterocycles. The normalized spacial score (nSPS) is 13.7. The third kappa shape index (κ3) is 2.46. The van der Waals surface area contributed by atoms with Gasteiger partial charge in [0.15, 0.2) is 0 Å². The lowest BCUT2D eigenvalue weighted by atomic mass is 10.1. The molecule has 0 fully saturated rings. The van der Waals surface area contributed by atoms with Crippen molar-refractivity contribution in [3.63, 3.8) is 0 Å². The molecule has 2 rings (SSSR count). The number of carbonyl (C=O) groups excluding carboxylic acids is 3. The van der Waals surface area contributed by atoms with E-state index in [1.807, 2.05) is 6.92 Å². The number of para-hydroxylation sites is 1. The highest BCUT2D eigenvalue weighted by molar-refractivity contribution is 6.54. The van der Waals surface area contributed by atoms with Crippen molar-refractivity contribution in [3.05, 3.63) is 28.8 Å². The second kappa shape index (κ2) is 5.40. The van der Waals surface area contributed by atoms with Crippen LogP contribution in [0, 0.1) is 0 Å². The number of nitrogens with zero attached hydrogens (tertiary/aromatic N) is 1. The quantitative estimate of drug-likeness (QED) is 0.848. The summed E-state index contributed by atoms with van der Waals surface area (Å²) in [6, 6.07) is 4.80. The molecular formula is C13H13ClN2O3. The molecule has 0 saturated heterocycles. The van der Waals surface area contributed by atoms with Gasteiger partial charge in [0.25, 0.3) is 11.7 Å². The Morgan fingerprint density at radius 2 is 2.11 bits per heavy atom. The number of benzene rings is 1. The number of ketones is 1. The molecule has 0 aliphatic carbocycles. The SMILES string of the molecule is CCNC(=O)CCN1C(=O)C(=O)c2cccc(Cl)c21. The molecule has 0 saturated carbocycles. The van der Waals surface area contributed by atoms with Gasteiger partial charge in [-0.3, -0.25) is 14.4 Å². The summed E-state index contributed by atoms with van der Waals surface area (Å²) in [5.74, 6) is -1.37. The van der Waals surface area contributed by atoms with E-state index in [-0.39, 0.29) is 18.9 Å². The number of nitrogens with one attached hydrogen (secondary N) is 1. The first-order chi connectivity index (χ1) is 9.06. The maximum Gasteiger partial charge on any atom is 0.299 e. The van der Waals surface area contributed by atoms with Crippen LogP contribution in [0.5, 0.6) is 0 Å². The Hall–Kier alpha value is -1.88. The molecule has 19 heavy (non-hydrogen) atoms. The molecular weight excluding hydrogens is 268 g/mol. The molecule has 1 heterocycles. The summed E-state index contributed by atoms with van der Waals surface area (Å²) in [5.41, 5.74) is 0.705. The van der Waals surface area contributed by atoms with Crippen LogP contribution in [0.25, 0.3) is 0 Å². The van der Waals surface area contributed by atoms with E-state index in [0.717, 1.165) is 0 Å². The molecule has 100 valence electrons. The lowest BCUT2D eigenvalue weighted by Gasteiger charge is -2.17. The molecule has 0 atom stereocenters. The molecule has 0 unspecified atom stereocenters. The molecule has 0 spiro atoms. The number of amides is 2. The van der Waals surface area contributed by atoms with E-state index < -0.39 is 11.7 Å². The number of halogens is 1. The van der Waals surface area contributed by atoms with Gasteiger partial charge in [-0.25, -0.2) is 0 Å². The molecule has 1 aliphatic rings. The van der Waals surface area contributed by atoms with Crippen molar-refractivity contribution in [1.82, 2.24) is 5.32 Å². The Balaban J connectivity index is 2.21. The lowest BCUT2D eigenvalue weighted by molar-refractivity contribution is -0.120. The third-order valence-electron chi connectivity index (χ3n) is 2.88. The summed E-state index contributed by atoms with van der Waals surface area (Å²) >= 11 is 6.02. The Bertz CT molecular complexity index is 557. The maximum absolute atomic E-state index is 11.9. The third-order valence-corrected chi connectivity index (χ3v) is 3.18. The monoisotopic (exact) mass is 280 g/mol. The van der Waals surface area contributed by atoms with Crippen LogP contribution >= 0.6 is 11.6 Å². The fourth-order valence-corrected chi connectivity index (χ4v) is 2.30. The van der Waals surface area contributed by atoms with Gasteiger partial charge in [-0.05, 0) is 19.1 Å². The summed E-state index contributed by atoms with van der Waals surface area (Å²) in [7, 11) is 0. The Morgan fingerprint density at radius 3 is 2.79 bits per heavy atom. The van der Waals surface area contributed by atoms with Gasteiger partial charge in [0.05, 0.1) is 16.3 Å². The number of hydrogen-bond acceptors (Lipinski definition) is 3. The molecule has 5 nitrogen and oxygen atoms in total. The first-order valence-electron chi connectivity index (χ1n) is 5.97. The van der Waals surface area contributed by atoms with Crippen molar-refractivity contribution in [2.24, 2.45) is 0 Å². The topological polar surface area (TPSA) is 66.5 Å². The molecule has 2 amide bonds. The van der Waals surface area contributed by atoms with Crippen molar-refractivity contribution in [2.75, 3.05) is 18.0 Å². The van der Waals surface area contributed by atoms with Crippen molar-refractivity contribution in [2.45, 2.75) is 13.3 Å². The number of anilines is 1. The highest BCUT2D eigenvalue weighted by Crippen LogP contribution is 2.35. The first-order valence-corrected chi connectivity index (χ1v) is 6.35. The Labute approximate surface area is 115 Å². The molecule has 0 radical (unpaired) electrons. The van der Waals surface area contributed by atoms with Gasteiger partial charge >= 0.3 is 0 Å². The van der Waals surface area contributed by atoms with Crippen molar-refractivity contribution in [1.29, 1.82) is 0 Å². The number of fused-ring (bicyclic) bond motifs is 1. The number of hydrogen-bond donors (Lipinski definition) is 1. The van der Waals surface area contributed by atoms with E-state index >= 15 is 0 Å². The minimum atomic E-state index is -0.632. The summed E-state index contributed by atoms with van der Waals surface area (Å²) < 4.78 is 0. The predicted octanol–water partition coefficient (Wildman–Crippen LogP) is 1.40. The van der Waals surface area contributed by atoms with Gasteiger partial charge < -0.3 is 10.2 Å². The van der Waals surface area contributed by atoms with Crippen LogP contribution in [0.4, 0.5) is 5.69 Å². The minimum Gasteiger partial charge on any atom is -0.356 e. The van der Waals surface area contributed by atoms with Crippen molar-refractivity contribution in [3.8, 4) is 0 Å². The van der Waals surface area contributed by atoms with Crippen molar-refractivity contribution < 1.29 is 14.4 Å². The van der Waals surface area contributed by atoms with Crippen LogP contribution in [0.1, 0.15) is 23.7 Å². The zero-order valence-electron chi connectivity index (χ0n) is 10.4. The van der Waals surface area contributed by atoms with Gasteiger partial charge in [-0.1, -0.05) is 17.7 Å². The van der Waals surface area contributed by atoms with Gasteiger partial charge in [-0.2, -0.15) is 0 Å². The summed E-state index contributed by atoms with van der Waals surface area (Å²) in [6.45, 7) is 2.49. The fourth-order valence-electron chi connectivity index (χ4n) is 2.02. The molecule has 0 bridgehead atoms. The van der Waals surface area contributed by atoms with Crippen molar-refractivity contribution >= 4 is 34.9 Å². The molecule has 1 N–H and O–H groups in total. The fraction of sp³-hybridized carbons (Fsp3) is 0.308. The van der Waals surface area contributed by atoms with Gasteiger partial charge in [-0.15, -0.1) is 0 Å². The highest BCUT2D eigenvalue weighted by Gasteiger charge is 2.37. The van der Waals surface area contributed by atoms with E-state index in [4.69, 9.17) is 11.6 Å². The zero-order chi connectivity index (χ0) is 14.0. The molecule has 0 aromatic heterocycles. The van der Waals surface area contributed by atoms with Crippen LogP contribution in [0.15, 0.2) is 18.2 Å². The lowest BCUT2D eigenvalue weighted by Crippen LogP contribution is -2.34. The second-order valence-corrected chi connectivity index (χ2v) is 4.53. The maximum atomic E-state index is 11.9. The summed E-state index contributed by atoms with van der Waals surface area (Å²) in [6.07, 6.45) is 0.136. The Morgan fingerprint density at radius 1 is 1.37 bits per heavy atom. The van der Waals surface area contributed by atoms with Gasteiger partial charge in [0.1, 0.15) is 0 Å². The van der Waals surface area contributed by atoms with Crippen LogP contribution in [0.2, 0.25) is 5.02 Å². The van der Waals surface area contributed by atoms with E-state index in [1.54, 1.807) is 18.2 Å². The molecule has 1 aromatic rings. The van der Waals surface area contributed by atoms with E-state index in [1.165, 1.54) is 4.90 Å². The first kappa shape index (κ1) is 13.5. The minimum absolute atomic E-state index is 0.136. The average Bonchev–Trinajstić information content (AvgIpc) is 2.62. The van der Waals surface area contributed by atoms with E-state index in [2.05, 4.69) is 5.32 Å². The predicted molar refractivity (Wildman–Crippen MR) is 71.4 cm³/mol. The van der Waals surface area contributed by atoms with Gasteiger partial charge in [0.2, 0.25) is 5.91 Å². The van der Waals surface area contributed by atoms with Crippen LogP contribution in [0.3, 0.4) is 0 Å². The zero-order valence-corrected chi connectivity index (χ0v) is 11.2. The Kier molecular flexibility index (Phi) is 3.85. The largest absolute Gasteiger partial charge is 0.356 e. The smallest absolute Gasteiger partial charge is 0.299 e. The van der Waals surface area contributed by atoms with Gasteiger partial charge in [0, 0.05) is 19.5 Å². The number of carbonyl (C=O) groups is 3. The second-order valence-electron chi connectivity index (χ2n) is 4.13. The van der Waals surface area contributed by atoms with E-state index in [9.17, 15) is 14.4 Å². The average molecular weight is 281 g/mol. The van der Waals surface area contributed by atoms with Crippen LogP contribution in [-0.2, 0) is 9.59 Å². The molecule has 6 heteroatoms. The molecule has 1 aromatic carbocycles. The summed E-state index contributed by atoms with van der Waals surface area (Å²) in [5, 5.41) is 2.98. The highest BCUT2D eigenvalue weighted by atomic mass is 35.5. The van der Waals surface area contributed by atoms with E-state index in [0.29, 0.717) is 22.8 Å².